The lowest BCUT2D eigenvalue weighted by molar-refractivity contribution is -0.127. The van der Waals surface area contributed by atoms with Crippen molar-refractivity contribution in [1.82, 2.24) is 0 Å². The summed E-state index contributed by atoms with van der Waals surface area (Å²) in [6.07, 6.45) is 21.1. The van der Waals surface area contributed by atoms with E-state index in [1.807, 2.05) is 0 Å². The molecule has 0 bridgehead atoms. The summed E-state index contributed by atoms with van der Waals surface area (Å²) in [6, 6.07) is 9.53. The molecule has 3 saturated carbocycles. The minimum Gasteiger partial charge on any atom is -0.299 e. The fraction of sp³-hybridized carbons (Fsp3) is 0.788. The SMILES string of the molecule is CCCC[C@H]1CC[C@H](C(C)[C@@H]2CC[C@@H](c3ccc([C@H]4CC[C@H](CCC)CC4)cc3)CC2=O)CC1. The van der Waals surface area contributed by atoms with Crippen molar-refractivity contribution in [2.45, 2.75) is 135 Å². The van der Waals surface area contributed by atoms with Crippen molar-refractivity contribution in [1.29, 1.82) is 0 Å². The topological polar surface area (TPSA) is 17.1 Å². The molecule has 4 rings (SSSR count). The number of unbranched alkanes of at least 4 members (excludes halogenated alkanes) is 1. The fourth-order valence-electron chi connectivity index (χ4n) is 7.94. The molecule has 34 heavy (non-hydrogen) atoms. The predicted molar refractivity (Wildman–Crippen MR) is 145 cm³/mol. The van der Waals surface area contributed by atoms with Gasteiger partial charge in [0.1, 0.15) is 5.78 Å². The van der Waals surface area contributed by atoms with Crippen molar-refractivity contribution in [2.75, 3.05) is 0 Å². The van der Waals surface area contributed by atoms with Crippen LogP contribution >= 0.6 is 0 Å². The largest absolute Gasteiger partial charge is 0.299 e. The van der Waals surface area contributed by atoms with Crippen LogP contribution in [0.15, 0.2) is 24.3 Å². The molecule has 0 saturated heterocycles. The van der Waals surface area contributed by atoms with Crippen LogP contribution in [0.25, 0.3) is 0 Å². The van der Waals surface area contributed by atoms with Gasteiger partial charge in [-0.1, -0.05) is 90.0 Å². The number of hydrogen-bond donors (Lipinski definition) is 0. The van der Waals surface area contributed by atoms with E-state index >= 15 is 0 Å². The van der Waals surface area contributed by atoms with E-state index in [1.165, 1.54) is 95.5 Å². The molecule has 3 aliphatic rings. The van der Waals surface area contributed by atoms with E-state index in [1.54, 1.807) is 5.56 Å². The minimum absolute atomic E-state index is 0.325. The molecule has 1 aromatic rings. The van der Waals surface area contributed by atoms with Crippen molar-refractivity contribution in [3.8, 4) is 0 Å². The maximum Gasteiger partial charge on any atom is 0.136 e. The van der Waals surface area contributed by atoms with Gasteiger partial charge in [0.25, 0.3) is 0 Å². The fourth-order valence-corrected chi connectivity index (χ4v) is 7.94. The molecule has 190 valence electrons. The molecule has 3 aliphatic carbocycles. The van der Waals surface area contributed by atoms with Crippen LogP contribution in [0.4, 0.5) is 0 Å². The van der Waals surface area contributed by atoms with Gasteiger partial charge in [-0.3, -0.25) is 4.79 Å². The van der Waals surface area contributed by atoms with Crippen LogP contribution in [0.5, 0.6) is 0 Å². The van der Waals surface area contributed by atoms with Crippen molar-refractivity contribution in [3.05, 3.63) is 35.4 Å². The Bertz CT molecular complexity index is 732. The smallest absolute Gasteiger partial charge is 0.136 e. The van der Waals surface area contributed by atoms with Gasteiger partial charge in [0.05, 0.1) is 0 Å². The first-order chi connectivity index (χ1) is 16.6. The molecule has 1 aromatic carbocycles. The second-order valence-electron chi connectivity index (χ2n) is 12.5. The molecule has 0 aromatic heterocycles. The Balaban J connectivity index is 1.25. The lowest BCUT2D eigenvalue weighted by Gasteiger charge is -2.38. The van der Waals surface area contributed by atoms with Crippen molar-refractivity contribution in [2.24, 2.45) is 29.6 Å². The summed E-state index contributed by atoms with van der Waals surface area (Å²) in [5.41, 5.74) is 2.96. The molecule has 0 amide bonds. The first kappa shape index (κ1) is 26.0. The average Bonchev–Trinajstić information content (AvgIpc) is 2.88. The standard InChI is InChI=1S/C33H52O/c1-4-6-8-26-9-13-27(14-10-26)24(3)32-22-21-31(23-33(32)34)30-19-17-29(18-20-30)28-15-11-25(7-5-2)12-16-28/h17-20,24-28,31-32H,4-16,21-23H2,1-3H3/t24?,25-,26-,27-,28-,31-,32+/m1/s1. The number of ketones is 1. The third kappa shape index (κ3) is 6.55. The molecule has 0 aliphatic heterocycles. The summed E-state index contributed by atoms with van der Waals surface area (Å²) < 4.78 is 0. The van der Waals surface area contributed by atoms with Crippen LogP contribution in [-0.4, -0.2) is 5.78 Å². The van der Waals surface area contributed by atoms with Gasteiger partial charge < -0.3 is 0 Å². The molecule has 3 fully saturated rings. The number of carbonyl (C=O) groups excluding carboxylic acids is 1. The van der Waals surface area contributed by atoms with Gasteiger partial charge in [-0.2, -0.15) is 0 Å². The molecular formula is C33H52O. The number of benzene rings is 1. The Morgan fingerprint density at radius 1 is 0.706 bits per heavy atom. The summed E-state index contributed by atoms with van der Waals surface area (Å²) in [5, 5.41) is 0. The van der Waals surface area contributed by atoms with Gasteiger partial charge in [-0.25, -0.2) is 0 Å². The molecular weight excluding hydrogens is 412 g/mol. The lowest BCUT2D eigenvalue weighted by atomic mass is 9.66. The summed E-state index contributed by atoms with van der Waals surface area (Å²) in [6.45, 7) is 7.04. The first-order valence-electron chi connectivity index (χ1n) is 15.2. The molecule has 0 radical (unpaired) electrons. The highest BCUT2D eigenvalue weighted by Crippen LogP contribution is 2.44. The molecule has 3 atom stereocenters. The van der Waals surface area contributed by atoms with Crippen molar-refractivity contribution in [3.63, 3.8) is 0 Å². The quantitative estimate of drug-likeness (QED) is 0.355. The molecule has 1 unspecified atom stereocenters. The van der Waals surface area contributed by atoms with E-state index in [4.69, 9.17) is 0 Å². The van der Waals surface area contributed by atoms with E-state index in [2.05, 4.69) is 45.0 Å². The summed E-state index contributed by atoms with van der Waals surface area (Å²) in [5.74, 6) is 5.42. The number of carbonyl (C=O) groups is 1. The van der Waals surface area contributed by atoms with E-state index < -0.39 is 0 Å². The first-order valence-corrected chi connectivity index (χ1v) is 15.2. The number of Topliss-reactive ketones (excluding diaryl/α,β-unsaturated/α-hetero) is 1. The molecule has 0 N–H and O–H groups in total. The number of rotatable bonds is 9. The zero-order valence-corrected chi connectivity index (χ0v) is 22.6. The van der Waals surface area contributed by atoms with Gasteiger partial charge in [0.2, 0.25) is 0 Å². The predicted octanol–water partition coefficient (Wildman–Crippen LogP) is 9.85. The molecule has 1 nitrogen and oxygen atoms in total. The van der Waals surface area contributed by atoms with E-state index in [9.17, 15) is 4.79 Å². The van der Waals surface area contributed by atoms with Gasteiger partial charge in [-0.05, 0) is 98.0 Å². The Morgan fingerprint density at radius 2 is 1.26 bits per heavy atom. The Kier molecular flexibility index (Phi) is 9.72. The minimum atomic E-state index is 0.325. The van der Waals surface area contributed by atoms with Crippen LogP contribution < -0.4 is 0 Å². The highest BCUT2D eigenvalue weighted by Gasteiger charge is 2.37. The molecule has 0 spiro atoms. The Morgan fingerprint density at radius 3 is 1.85 bits per heavy atom. The van der Waals surface area contributed by atoms with Gasteiger partial charge in [0.15, 0.2) is 0 Å². The zero-order valence-electron chi connectivity index (χ0n) is 22.6. The second-order valence-corrected chi connectivity index (χ2v) is 12.5. The average molecular weight is 465 g/mol. The monoisotopic (exact) mass is 464 g/mol. The van der Waals surface area contributed by atoms with Crippen LogP contribution in [0.3, 0.4) is 0 Å². The van der Waals surface area contributed by atoms with Crippen LogP contribution in [-0.2, 0) is 4.79 Å². The summed E-state index contributed by atoms with van der Waals surface area (Å²) in [4.78, 5) is 13.3. The molecule has 1 heteroatoms. The molecule has 0 heterocycles. The maximum absolute atomic E-state index is 13.3. The van der Waals surface area contributed by atoms with Gasteiger partial charge in [0, 0.05) is 12.3 Å². The highest BCUT2D eigenvalue weighted by molar-refractivity contribution is 5.83. The third-order valence-corrected chi connectivity index (χ3v) is 10.3. The van der Waals surface area contributed by atoms with Crippen LogP contribution in [0.2, 0.25) is 0 Å². The van der Waals surface area contributed by atoms with Crippen LogP contribution in [0.1, 0.15) is 146 Å². The lowest BCUT2D eigenvalue weighted by Crippen LogP contribution is -2.34. The Labute approximate surface area is 210 Å². The van der Waals surface area contributed by atoms with Crippen molar-refractivity contribution < 1.29 is 4.79 Å². The second kappa shape index (κ2) is 12.7. The van der Waals surface area contributed by atoms with Gasteiger partial charge in [-0.15, -0.1) is 0 Å². The van der Waals surface area contributed by atoms with Crippen molar-refractivity contribution >= 4 is 5.78 Å². The zero-order chi connectivity index (χ0) is 23.9. The Hall–Kier alpha value is -1.11. The normalized spacial score (nSPS) is 33.6. The summed E-state index contributed by atoms with van der Waals surface area (Å²) in [7, 11) is 0. The van der Waals surface area contributed by atoms with Crippen LogP contribution in [0, 0.1) is 29.6 Å². The summed E-state index contributed by atoms with van der Waals surface area (Å²) >= 11 is 0. The highest BCUT2D eigenvalue weighted by atomic mass is 16.1. The number of hydrogen-bond acceptors (Lipinski definition) is 1. The van der Waals surface area contributed by atoms with Gasteiger partial charge >= 0.3 is 0 Å². The maximum atomic E-state index is 13.3. The van der Waals surface area contributed by atoms with E-state index in [-0.39, 0.29) is 0 Å². The van der Waals surface area contributed by atoms with E-state index in [0.717, 1.165) is 36.5 Å². The third-order valence-electron chi connectivity index (χ3n) is 10.3. The van der Waals surface area contributed by atoms with E-state index in [0.29, 0.717) is 23.5 Å².